The van der Waals surface area contributed by atoms with Crippen LogP contribution in [0, 0.1) is 0 Å². The van der Waals surface area contributed by atoms with E-state index in [-0.39, 0.29) is 12.3 Å². The molecule has 3 rings (SSSR count). The van der Waals surface area contributed by atoms with E-state index >= 15 is 0 Å². The Hall–Kier alpha value is -2.00. The van der Waals surface area contributed by atoms with Gasteiger partial charge in [-0.1, -0.05) is 36.4 Å². The first-order valence-electron chi connectivity index (χ1n) is 7.07. The molecule has 3 heteroatoms. The maximum Gasteiger partial charge on any atom is 0.153 e. The summed E-state index contributed by atoms with van der Waals surface area (Å²) in [6.07, 6.45) is 2.07. The molecule has 0 bridgehead atoms. The van der Waals surface area contributed by atoms with Gasteiger partial charge in [0.25, 0.3) is 0 Å². The van der Waals surface area contributed by atoms with Crippen LogP contribution < -0.4 is 14.8 Å². The van der Waals surface area contributed by atoms with Crippen molar-refractivity contribution in [3.8, 4) is 11.5 Å². The van der Waals surface area contributed by atoms with Crippen LogP contribution in [0.25, 0.3) is 0 Å². The highest BCUT2D eigenvalue weighted by atomic mass is 16.5. The lowest BCUT2D eigenvalue weighted by atomic mass is 10.1. The lowest BCUT2D eigenvalue weighted by molar-refractivity contribution is 0.0558. The van der Waals surface area contributed by atoms with E-state index in [1.54, 1.807) is 0 Å². The number of hydrogen-bond acceptors (Lipinski definition) is 3. The molecule has 2 atom stereocenters. The number of benzene rings is 2. The molecule has 0 aromatic heterocycles. The fourth-order valence-electron chi connectivity index (χ4n) is 2.40. The number of ether oxygens (including phenoxy) is 2. The van der Waals surface area contributed by atoms with E-state index in [0.717, 1.165) is 30.9 Å². The Balaban J connectivity index is 1.57. The minimum absolute atomic E-state index is 0.0138. The van der Waals surface area contributed by atoms with E-state index in [1.165, 1.54) is 0 Å². The molecule has 0 saturated carbocycles. The van der Waals surface area contributed by atoms with Crippen LogP contribution in [0.2, 0.25) is 0 Å². The molecule has 1 saturated heterocycles. The summed E-state index contributed by atoms with van der Waals surface area (Å²) in [6.45, 7) is 0.912. The van der Waals surface area contributed by atoms with Gasteiger partial charge in [-0.05, 0) is 30.7 Å². The van der Waals surface area contributed by atoms with E-state index < -0.39 is 0 Å². The van der Waals surface area contributed by atoms with Crippen molar-refractivity contribution in [3.05, 3.63) is 60.7 Å². The van der Waals surface area contributed by atoms with Crippen molar-refractivity contribution in [1.29, 1.82) is 0 Å². The van der Waals surface area contributed by atoms with Crippen LogP contribution >= 0.6 is 0 Å². The highest BCUT2D eigenvalue weighted by molar-refractivity contribution is 5.22. The van der Waals surface area contributed by atoms with Crippen molar-refractivity contribution in [2.24, 2.45) is 0 Å². The van der Waals surface area contributed by atoms with Gasteiger partial charge in [-0.15, -0.1) is 0 Å². The van der Waals surface area contributed by atoms with Crippen molar-refractivity contribution in [2.75, 3.05) is 6.54 Å². The molecule has 0 aliphatic carbocycles. The number of piperidine rings is 1. The molecule has 1 aliphatic heterocycles. The molecule has 1 heterocycles. The van der Waals surface area contributed by atoms with Gasteiger partial charge >= 0.3 is 0 Å². The highest BCUT2D eigenvalue weighted by Crippen LogP contribution is 2.20. The van der Waals surface area contributed by atoms with Gasteiger partial charge in [-0.25, -0.2) is 0 Å². The standard InChI is InChI=1S/C17H19NO2/c1-3-7-14(8-4-1)19-16-11-12-18-17(13-16)20-15-9-5-2-6-10-15/h1-10,16-18H,11-13H2. The highest BCUT2D eigenvalue weighted by Gasteiger charge is 2.24. The van der Waals surface area contributed by atoms with E-state index in [1.807, 2.05) is 60.7 Å². The molecule has 0 spiro atoms. The average molecular weight is 269 g/mol. The normalized spacial score (nSPS) is 22.2. The molecule has 0 radical (unpaired) electrons. The van der Waals surface area contributed by atoms with Gasteiger partial charge in [0.15, 0.2) is 6.23 Å². The van der Waals surface area contributed by atoms with Crippen molar-refractivity contribution in [1.82, 2.24) is 5.32 Å². The quantitative estimate of drug-likeness (QED) is 0.924. The SMILES string of the molecule is c1ccc(OC2CCNC(Oc3ccccc3)C2)cc1. The van der Waals surface area contributed by atoms with Gasteiger partial charge in [0.2, 0.25) is 0 Å². The van der Waals surface area contributed by atoms with Gasteiger partial charge in [-0.3, -0.25) is 5.32 Å². The Bertz CT molecular complexity index is 468. The zero-order valence-corrected chi connectivity index (χ0v) is 11.4. The third-order valence-electron chi connectivity index (χ3n) is 3.38. The topological polar surface area (TPSA) is 30.5 Å². The van der Waals surface area contributed by atoms with Gasteiger partial charge < -0.3 is 9.47 Å². The summed E-state index contributed by atoms with van der Waals surface area (Å²) in [7, 11) is 0. The van der Waals surface area contributed by atoms with E-state index in [0.29, 0.717) is 0 Å². The average Bonchev–Trinajstić information content (AvgIpc) is 2.50. The van der Waals surface area contributed by atoms with Crippen LogP contribution in [0.3, 0.4) is 0 Å². The molecule has 1 aliphatic rings. The molecule has 1 N–H and O–H groups in total. The number of nitrogens with one attached hydrogen (secondary N) is 1. The largest absolute Gasteiger partial charge is 0.490 e. The first-order chi connectivity index (χ1) is 9.90. The maximum atomic E-state index is 6.00. The third kappa shape index (κ3) is 3.52. The zero-order chi connectivity index (χ0) is 13.6. The maximum absolute atomic E-state index is 6.00. The first-order valence-corrected chi connectivity index (χ1v) is 7.07. The fraction of sp³-hybridized carbons (Fsp3) is 0.294. The summed E-state index contributed by atoms with van der Waals surface area (Å²) in [6, 6.07) is 19.9. The lowest BCUT2D eigenvalue weighted by Crippen LogP contribution is -2.45. The second-order valence-corrected chi connectivity index (χ2v) is 4.95. The summed E-state index contributed by atoms with van der Waals surface area (Å²) < 4.78 is 11.9. The Morgan fingerprint density at radius 2 is 1.40 bits per heavy atom. The fourth-order valence-corrected chi connectivity index (χ4v) is 2.40. The molecule has 2 aromatic rings. The van der Waals surface area contributed by atoms with Crippen LogP contribution in [0.1, 0.15) is 12.8 Å². The molecule has 104 valence electrons. The van der Waals surface area contributed by atoms with E-state index in [2.05, 4.69) is 5.32 Å². The minimum atomic E-state index is 0.0138. The summed E-state index contributed by atoms with van der Waals surface area (Å²) in [5.41, 5.74) is 0. The second-order valence-electron chi connectivity index (χ2n) is 4.95. The number of rotatable bonds is 4. The van der Waals surface area contributed by atoms with Crippen LogP contribution in [0.15, 0.2) is 60.7 Å². The van der Waals surface area contributed by atoms with E-state index in [4.69, 9.17) is 9.47 Å². The summed E-state index contributed by atoms with van der Waals surface area (Å²) in [5, 5.41) is 3.38. The van der Waals surface area contributed by atoms with Gasteiger partial charge in [-0.2, -0.15) is 0 Å². The van der Waals surface area contributed by atoms with E-state index in [9.17, 15) is 0 Å². The number of para-hydroxylation sites is 2. The predicted molar refractivity (Wildman–Crippen MR) is 79.0 cm³/mol. The molecule has 2 aromatic carbocycles. The smallest absolute Gasteiger partial charge is 0.153 e. The van der Waals surface area contributed by atoms with Crippen molar-refractivity contribution < 1.29 is 9.47 Å². The summed E-state index contributed by atoms with van der Waals surface area (Å²) in [5.74, 6) is 1.82. The monoisotopic (exact) mass is 269 g/mol. The zero-order valence-electron chi connectivity index (χ0n) is 11.4. The summed E-state index contributed by atoms with van der Waals surface area (Å²) >= 11 is 0. The first kappa shape index (κ1) is 13.0. The molecule has 2 unspecified atom stereocenters. The van der Waals surface area contributed by atoms with Crippen LogP contribution in [-0.4, -0.2) is 18.9 Å². The molecule has 3 nitrogen and oxygen atoms in total. The van der Waals surface area contributed by atoms with Crippen LogP contribution in [0.5, 0.6) is 11.5 Å². The van der Waals surface area contributed by atoms with Crippen LogP contribution in [-0.2, 0) is 0 Å². The van der Waals surface area contributed by atoms with Crippen molar-refractivity contribution >= 4 is 0 Å². The number of hydrogen-bond donors (Lipinski definition) is 1. The van der Waals surface area contributed by atoms with Gasteiger partial charge in [0.05, 0.1) is 0 Å². The Labute approximate surface area is 119 Å². The molecular weight excluding hydrogens is 250 g/mol. The van der Waals surface area contributed by atoms with Gasteiger partial charge in [0, 0.05) is 13.0 Å². The van der Waals surface area contributed by atoms with Crippen molar-refractivity contribution in [3.63, 3.8) is 0 Å². The summed E-state index contributed by atoms with van der Waals surface area (Å²) in [4.78, 5) is 0. The molecular formula is C17H19NO2. The Morgan fingerprint density at radius 1 is 0.800 bits per heavy atom. The molecule has 1 fully saturated rings. The Kier molecular flexibility index (Phi) is 4.19. The predicted octanol–water partition coefficient (Wildman–Crippen LogP) is 3.22. The Morgan fingerprint density at radius 3 is 2.05 bits per heavy atom. The van der Waals surface area contributed by atoms with Crippen LogP contribution in [0.4, 0.5) is 0 Å². The second kappa shape index (κ2) is 6.44. The molecule has 0 amide bonds. The minimum Gasteiger partial charge on any atom is -0.490 e. The molecule has 20 heavy (non-hydrogen) atoms. The third-order valence-corrected chi connectivity index (χ3v) is 3.38. The van der Waals surface area contributed by atoms with Crippen molar-refractivity contribution in [2.45, 2.75) is 25.2 Å². The van der Waals surface area contributed by atoms with Gasteiger partial charge in [0.1, 0.15) is 17.6 Å². The lowest BCUT2D eigenvalue weighted by Gasteiger charge is -2.31.